The molecule has 18 heavy (non-hydrogen) atoms. The van der Waals surface area contributed by atoms with Crippen molar-refractivity contribution in [3.8, 4) is 5.75 Å². The Hall–Kier alpha value is -1.55. The van der Waals surface area contributed by atoms with E-state index in [9.17, 15) is 0 Å². The largest absolute Gasteiger partial charge is 0.489 e. The van der Waals surface area contributed by atoms with Crippen LogP contribution in [0.15, 0.2) is 28.7 Å². The molecule has 4 heteroatoms. The number of nitrogens with two attached hydrogens (primary N) is 1. The maximum absolute atomic E-state index is 5.84. The molecule has 1 aliphatic rings. The number of rotatable bonds is 5. The molecule has 1 aliphatic carbocycles. The van der Waals surface area contributed by atoms with E-state index in [1.54, 1.807) is 0 Å². The molecule has 1 heterocycles. The van der Waals surface area contributed by atoms with Gasteiger partial charge in [-0.25, -0.2) is 0 Å². The summed E-state index contributed by atoms with van der Waals surface area (Å²) < 4.78 is 11.5. The number of para-hydroxylation sites is 1. The van der Waals surface area contributed by atoms with E-state index in [4.69, 9.17) is 27.1 Å². The number of furan rings is 1. The number of benzene rings is 1. The Morgan fingerprint density at radius 2 is 2.17 bits per heavy atom. The van der Waals surface area contributed by atoms with Gasteiger partial charge in [-0.1, -0.05) is 37.2 Å². The van der Waals surface area contributed by atoms with Gasteiger partial charge in [-0.15, -0.1) is 0 Å². The third kappa shape index (κ3) is 2.20. The fourth-order valence-corrected chi connectivity index (χ4v) is 2.20. The van der Waals surface area contributed by atoms with Gasteiger partial charge in [0.1, 0.15) is 10.6 Å². The molecule has 94 valence electrons. The Kier molecular flexibility index (Phi) is 2.96. The quantitative estimate of drug-likeness (QED) is 0.839. The summed E-state index contributed by atoms with van der Waals surface area (Å²) in [6, 6.07) is 7.73. The van der Waals surface area contributed by atoms with Crippen LogP contribution in [0.4, 0.5) is 0 Å². The van der Waals surface area contributed by atoms with Crippen LogP contribution in [0.25, 0.3) is 11.0 Å². The number of fused-ring (bicyclic) bond motifs is 1. The zero-order valence-corrected chi connectivity index (χ0v) is 10.8. The minimum atomic E-state index is 0.243. The van der Waals surface area contributed by atoms with Crippen LogP contribution in [-0.2, 0) is 0 Å². The van der Waals surface area contributed by atoms with Crippen LogP contribution in [0.3, 0.4) is 0 Å². The number of hydrogen-bond acceptors (Lipinski definition) is 3. The highest BCUT2D eigenvalue weighted by Gasteiger charge is 2.22. The van der Waals surface area contributed by atoms with E-state index in [1.807, 2.05) is 24.3 Å². The first-order valence-electron chi connectivity index (χ1n) is 6.20. The van der Waals surface area contributed by atoms with Gasteiger partial charge in [-0.05, 0) is 24.5 Å². The zero-order valence-electron chi connectivity index (χ0n) is 10.0. The van der Waals surface area contributed by atoms with Gasteiger partial charge < -0.3 is 14.9 Å². The summed E-state index contributed by atoms with van der Waals surface area (Å²) in [5.74, 6) is 2.03. The van der Waals surface area contributed by atoms with Crippen LogP contribution in [0.5, 0.6) is 5.75 Å². The van der Waals surface area contributed by atoms with Crippen LogP contribution in [-0.4, -0.2) is 11.6 Å². The first-order valence-corrected chi connectivity index (χ1v) is 6.60. The molecule has 1 aromatic carbocycles. The lowest BCUT2D eigenvalue weighted by Gasteiger charge is -2.05. The van der Waals surface area contributed by atoms with Gasteiger partial charge in [0, 0.05) is 0 Å². The maximum atomic E-state index is 5.84. The molecule has 2 N–H and O–H groups in total. The predicted octanol–water partition coefficient (Wildman–Crippen LogP) is 3.25. The van der Waals surface area contributed by atoms with Gasteiger partial charge in [0.25, 0.3) is 0 Å². The van der Waals surface area contributed by atoms with Gasteiger partial charge in [0.15, 0.2) is 5.75 Å². The van der Waals surface area contributed by atoms with Crippen LogP contribution >= 0.6 is 12.2 Å². The summed E-state index contributed by atoms with van der Waals surface area (Å²) in [6.45, 7) is 0.698. The van der Waals surface area contributed by atoms with Crippen molar-refractivity contribution in [3.05, 3.63) is 30.0 Å². The molecule has 0 unspecified atom stereocenters. The molecule has 1 aromatic heterocycles. The van der Waals surface area contributed by atoms with Crippen molar-refractivity contribution in [2.24, 2.45) is 11.7 Å². The van der Waals surface area contributed by atoms with Crippen LogP contribution in [0.1, 0.15) is 25.0 Å². The van der Waals surface area contributed by atoms with Crippen molar-refractivity contribution in [2.45, 2.75) is 19.3 Å². The van der Waals surface area contributed by atoms with E-state index in [-0.39, 0.29) is 4.99 Å². The molecule has 0 aliphatic heterocycles. The van der Waals surface area contributed by atoms with E-state index >= 15 is 0 Å². The summed E-state index contributed by atoms with van der Waals surface area (Å²) in [6.07, 6.45) is 3.76. The lowest BCUT2D eigenvalue weighted by molar-refractivity contribution is 0.301. The molecule has 3 rings (SSSR count). The average Bonchev–Trinajstić information content (AvgIpc) is 3.10. The van der Waals surface area contributed by atoms with Crippen LogP contribution in [0, 0.1) is 5.92 Å². The molecular formula is C14H15NO2S. The van der Waals surface area contributed by atoms with Crippen molar-refractivity contribution in [1.29, 1.82) is 0 Å². The highest BCUT2D eigenvalue weighted by Crippen LogP contribution is 2.35. The third-order valence-electron chi connectivity index (χ3n) is 3.24. The standard InChI is InChI=1S/C14H15NO2S/c15-14(18)13-12(16-8-7-9-5-6-9)10-3-1-2-4-11(10)17-13/h1-4,9H,5-8H2,(H2,15,18). The fraction of sp³-hybridized carbons (Fsp3) is 0.357. The van der Waals surface area contributed by atoms with Gasteiger partial charge >= 0.3 is 0 Å². The third-order valence-corrected chi connectivity index (χ3v) is 3.43. The summed E-state index contributed by atoms with van der Waals surface area (Å²) in [4.78, 5) is 0.243. The molecule has 1 fully saturated rings. The number of ether oxygens (including phenoxy) is 1. The predicted molar refractivity (Wildman–Crippen MR) is 74.9 cm³/mol. The summed E-state index contributed by atoms with van der Waals surface area (Å²) in [5.41, 5.74) is 6.45. The van der Waals surface area contributed by atoms with Crippen LogP contribution in [0.2, 0.25) is 0 Å². The Morgan fingerprint density at radius 1 is 1.39 bits per heavy atom. The monoisotopic (exact) mass is 261 g/mol. The Morgan fingerprint density at radius 3 is 2.89 bits per heavy atom. The second-order valence-electron chi connectivity index (χ2n) is 4.70. The van der Waals surface area contributed by atoms with Gasteiger partial charge in [0.2, 0.25) is 5.76 Å². The molecule has 0 atom stereocenters. The highest BCUT2D eigenvalue weighted by atomic mass is 32.1. The SMILES string of the molecule is NC(=S)c1oc2ccccc2c1OCCC1CC1. The zero-order chi connectivity index (χ0) is 12.5. The first kappa shape index (κ1) is 11.5. The number of hydrogen-bond donors (Lipinski definition) is 1. The Balaban J connectivity index is 1.90. The Bertz CT molecular complexity index is 586. The van der Waals surface area contributed by atoms with Gasteiger partial charge in [-0.2, -0.15) is 0 Å². The van der Waals surface area contributed by atoms with E-state index in [0.717, 1.165) is 23.3 Å². The lowest BCUT2D eigenvalue weighted by atomic mass is 10.2. The maximum Gasteiger partial charge on any atom is 0.204 e. The molecule has 3 nitrogen and oxygen atoms in total. The van der Waals surface area contributed by atoms with Crippen molar-refractivity contribution >= 4 is 28.2 Å². The fourth-order valence-electron chi connectivity index (χ4n) is 2.06. The molecule has 0 bridgehead atoms. The molecule has 0 radical (unpaired) electrons. The van der Waals surface area contributed by atoms with Crippen molar-refractivity contribution in [3.63, 3.8) is 0 Å². The van der Waals surface area contributed by atoms with Crippen LogP contribution < -0.4 is 10.5 Å². The van der Waals surface area contributed by atoms with Gasteiger partial charge in [0.05, 0.1) is 12.0 Å². The summed E-state index contributed by atoms with van der Waals surface area (Å²) >= 11 is 5.01. The minimum absolute atomic E-state index is 0.243. The normalized spacial score (nSPS) is 14.9. The molecular weight excluding hydrogens is 246 g/mol. The van der Waals surface area contributed by atoms with E-state index in [0.29, 0.717) is 18.1 Å². The second-order valence-corrected chi connectivity index (χ2v) is 5.14. The lowest BCUT2D eigenvalue weighted by Crippen LogP contribution is -2.10. The van der Waals surface area contributed by atoms with E-state index in [1.165, 1.54) is 12.8 Å². The summed E-state index contributed by atoms with van der Waals surface area (Å²) in [5, 5.41) is 0.941. The van der Waals surface area contributed by atoms with Crippen molar-refractivity contribution in [2.75, 3.05) is 6.61 Å². The molecule has 0 spiro atoms. The van der Waals surface area contributed by atoms with Crippen molar-refractivity contribution < 1.29 is 9.15 Å². The average molecular weight is 261 g/mol. The molecule has 2 aromatic rings. The first-order chi connectivity index (χ1) is 8.75. The topological polar surface area (TPSA) is 48.4 Å². The van der Waals surface area contributed by atoms with Crippen molar-refractivity contribution in [1.82, 2.24) is 0 Å². The minimum Gasteiger partial charge on any atom is -0.489 e. The molecule has 0 amide bonds. The molecule has 0 saturated heterocycles. The van der Waals surface area contributed by atoms with E-state index in [2.05, 4.69) is 0 Å². The summed E-state index contributed by atoms with van der Waals surface area (Å²) in [7, 11) is 0. The Labute approximate surface area is 111 Å². The number of thiocarbonyl (C=S) groups is 1. The van der Waals surface area contributed by atoms with E-state index < -0.39 is 0 Å². The highest BCUT2D eigenvalue weighted by molar-refractivity contribution is 7.80. The second kappa shape index (κ2) is 4.61. The smallest absolute Gasteiger partial charge is 0.204 e. The van der Waals surface area contributed by atoms with Gasteiger partial charge in [-0.3, -0.25) is 0 Å². The molecule has 1 saturated carbocycles.